The van der Waals surface area contributed by atoms with Gasteiger partial charge in [0.1, 0.15) is 5.78 Å². The second kappa shape index (κ2) is 9.30. The molecule has 0 aliphatic rings. The molecular weight excluding hydrogens is 273 g/mol. The molecule has 0 aliphatic carbocycles. The summed E-state index contributed by atoms with van der Waals surface area (Å²) in [6.07, 6.45) is 3.66. The van der Waals surface area contributed by atoms with Crippen LogP contribution in [0.1, 0.15) is 50.9 Å². The summed E-state index contributed by atoms with van der Waals surface area (Å²) in [7, 11) is -3.31. The third kappa shape index (κ3) is 5.37. The predicted octanol–water partition coefficient (Wildman–Crippen LogP) is 4.47. The van der Waals surface area contributed by atoms with Crippen molar-refractivity contribution in [1.82, 2.24) is 0 Å². The van der Waals surface area contributed by atoms with Crippen LogP contribution in [0.5, 0.6) is 0 Å². The number of hydrogen-bond acceptors (Lipinski definition) is 4. The molecule has 0 aromatic heterocycles. The molecule has 5 heteroatoms. The van der Waals surface area contributed by atoms with Gasteiger partial charge in [-0.2, -0.15) is 0 Å². The van der Waals surface area contributed by atoms with Crippen molar-refractivity contribution in [2.24, 2.45) is 5.73 Å². The molecule has 1 rings (SSSR count). The summed E-state index contributed by atoms with van der Waals surface area (Å²) in [4.78, 5) is 0. The van der Waals surface area contributed by atoms with Gasteiger partial charge in [-0.15, -0.1) is 0 Å². The molecule has 1 unspecified atom stereocenters. The molecule has 1 aromatic rings. The molecule has 2 N–H and O–H groups in total. The average Bonchev–Trinajstić information content (AvgIpc) is 2.48. The van der Waals surface area contributed by atoms with Crippen LogP contribution < -0.4 is 5.73 Å². The quantitative estimate of drug-likeness (QED) is 0.511. The zero-order valence-electron chi connectivity index (χ0n) is 12.5. The van der Waals surface area contributed by atoms with Gasteiger partial charge < -0.3 is 14.8 Å². The van der Waals surface area contributed by atoms with E-state index in [1.165, 1.54) is 0 Å². The van der Waals surface area contributed by atoms with Gasteiger partial charge in [0.2, 0.25) is 0 Å². The van der Waals surface area contributed by atoms with Gasteiger partial charge in [0, 0.05) is 0 Å². The summed E-state index contributed by atoms with van der Waals surface area (Å²) in [6.45, 7) is 4.95. The normalized spacial score (nSPS) is 13.3. The van der Waals surface area contributed by atoms with E-state index in [0.29, 0.717) is 13.2 Å². The standard InChI is InChI=1S/C15H26NO3P/c1-3-5-12-18-20(17,19-13-6-4-2)15(16)14-10-8-7-9-11-14/h7-11,15H,3-6,12-13,16H2,1-2H3. The lowest BCUT2D eigenvalue weighted by atomic mass is 10.2. The molecule has 0 heterocycles. The van der Waals surface area contributed by atoms with E-state index in [1.54, 1.807) is 0 Å². The van der Waals surface area contributed by atoms with E-state index in [4.69, 9.17) is 14.8 Å². The first kappa shape index (κ1) is 17.4. The number of nitrogens with two attached hydrogens (primary N) is 1. The van der Waals surface area contributed by atoms with Crippen molar-refractivity contribution in [3.8, 4) is 0 Å². The van der Waals surface area contributed by atoms with Crippen LogP contribution in [0.3, 0.4) is 0 Å². The summed E-state index contributed by atoms with van der Waals surface area (Å²) >= 11 is 0. The molecule has 0 amide bonds. The van der Waals surface area contributed by atoms with Crippen molar-refractivity contribution in [2.75, 3.05) is 13.2 Å². The molecular formula is C15H26NO3P. The van der Waals surface area contributed by atoms with Crippen LogP contribution >= 0.6 is 7.60 Å². The fourth-order valence-electron chi connectivity index (χ4n) is 1.70. The van der Waals surface area contributed by atoms with Crippen molar-refractivity contribution >= 4 is 7.60 Å². The summed E-state index contributed by atoms with van der Waals surface area (Å²) in [6, 6.07) is 9.35. The second-order valence-electron chi connectivity index (χ2n) is 4.77. The lowest BCUT2D eigenvalue weighted by Crippen LogP contribution is -2.15. The van der Waals surface area contributed by atoms with Crippen molar-refractivity contribution in [2.45, 2.75) is 45.3 Å². The van der Waals surface area contributed by atoms with Gasteiger partial charge in [-0.05, 0) is 18.4 Å². The topological polar surface area (TPSA) is 61.5 Å². The minimum atomic E-state index is -3.31. The highest BCUT2D eigenvalue weighted by molar-refractivity contribution is 7.54. The van der Waals surface area contributed by atoms with E-state index in [0.717, 1.165) is 31.2 Å². The van der Waals surface area contributed by atoms with Crippen molar-refractivity contribution in [1.29, 1.82) is 0 Å². The fourth-order valence-corrected chi connectivity index (χ4v) is 3.40. The van der Waals surface area contributed by atoms with Crippen LogP contribution in [0.2, 0.25) is 0 Å². The number of unbranched alkanes of at least 4 members (excludes halogenated alkanes) is 2. The largest absolute Gasteiger partial charge is 0.351 e. The lowest BCUT2D eigenvalue weighted by Gasteiger charge is -2.24. The van der Waals surface area contributed by atoms with Crippen LogP contribution in [-0.2, 0) is 13.6 Å². The van der Waals surface area contributed by atoms with Gasteiger partial charge in [-0.25, -0.2) is 0 Å². The molecule has 0 aliphatic heterocycles. The summed E-state index contributed by atoms with van der Waals surface area (Å²) in [5, 5.41) is 0. The van der Waals surface area contributed by atoms with Crippen LogP contribution in [0.4, 0.5) is 0 Å². The van der Waals surface area contributed by atoms with Gasteiger partial charge >= 0.3 is 7.60 Å². The Morgan fingerprint density at radius 1 is 1.05 bits per heavy atom. The van der Waals surface area contributed by atoms with Gasteiger partial charge in [-0.1, -0.05) is 57.0 Å². The molecule has 1 atom stereocenters. The van der Waals surface area contributed by atoms with Gasteiger partial charge in [0.15, 0.2) is 0 Å². The van der Waals surface area contributed by atoms with Gasteiger partial charge in [-0.3, -0.25) is 4.57 Å². The minimum Gasteiger partial charge on any atom is -0.314 e. The highest BCUT2D eigenvalue weighted by Gasteiger charge is 2.34. The van der Waals surface area contributed by atoms with E-state index in [1.807, 2.05) is 30.3 Å². The van der Waals surface area contributed by atoms with E-state index in [-0.39, 0.29) is 0 Å². The van der Waals surface area contributed by atoms with Crippen molar-refractivity contribution < 1.29 is 13.6 Å². The first-order valence-electron chi connectivity index (χ1n) is 7.33. The Balaban J connectivity index is 2.77. The number of benzene rings is 1. The zero-order chi connectivity index (χ0) is 14.8. The molecule has 0 spiro atoms. The average molecular weight is 299 g/mol. The Hall–Kier alpha value is -0.670. The van der Waals surface area contributed by atoms with E-state index in [9.17, 15) is 4.57 Å². The lowest BCUT2D eigenvalue weighted by molar-refractivity contribution is 0.193. The van der Waals surface area contributed by atoms with Gasteiger partial charge in [0.05, 0.1) is 13.2 Å². The fraction of sp³-hybridized carbons (Fsp3) is 0.600. The summed E-state index contributed by atoms with van der Waals surface area (Å²) in [5.41, 5.74) is 6.91. The highest BCUT2D eigenvalue weighted by Crippen LogP contribution is 2.58. The van der Waals surface area contributed by atoms with E-state index < -0.39 is 13.4 Å². The first-order valence-corrected chi connectivity index (χ1v) is 8.94. The monoisotopic (exact) mass is 299 g/mol. The highest BCUT2D eigenvalue weighted by atomic mass is 31.2. The molecule has 0 saturated heterocycles. The summed E-state index contributed by atoms with van der Waals surface area (Å²) in [5.74, 6) is -0.725. The van der Waals surface area contributed by atoms with Crippen molar-refractivity contribution in [3.05, 3.63) is 35.9 Å². The third-order valence-corrected chi connectivity index (χ3v) is 5.08. The Morgan fingerprint density at radius 3 is 2.00 bits per heavy atom. The Bertz CT molecular complexity index is 397. The second-order valence-corrected chi connectivity index (χ2v) is 6.92. The van der Waals surface area contributed by atoms with Crippen LogP contribution in [-0.4, -0.2) is 13.2 Å². The summed E-state index contributed by atoms with van der Waals surface area (Å²) < 4.78 is 24.0. The molecule has 0 saturated carbocycles. The third-order valence-electron chi connectivity index (χ3n) is 3.02. The van der Waals surface area contributed by atoms with Gasteiger partial charge in [0.25, 0.3) is 0 Å². The van der Waals surface area contributed by atoms with Crippen LogP contribution in [0.15, 0.2) is 30.3 Å². The van der Waals surface area contributed by atoms with E-state index in [2.05, 4.69) is 13.8 Å². The zero-order valence-corrected chi connectivity index (χ0v) is 13.4. The Kier molecular flexibility index (Phi) is 8.08. The molecule has 0 radical (unpaired) electrons. The van der Waals surface area contributed by atoms with Crippen molar-refractivity contribution in [3.63, 3.8) is 0 Å². The maximum Gasteiger partial charge on any atom is 0.351 e. The molecule has 4 nitrogen and oxygen atoms in total. The predicted molar refractivity (Wildman–Crippen MR) is 82.7 cm³/mol. The smallest absolute Gasteiger partial charge is 0.314 e. The number of hydrogen-bond donors (Lipinski definition) is 1. The molecule has 0 bridgehead atoms. The molecule has 0 fully saturated rings. The van der Waals surface area contributed by atoms with E-state index >= 15 is 0 Å². The number of rotatable bonds is 10. The first-order chi connectivity index (χ1) is 9.64. The maximum atomic E-state index is 12.9. The van der Waals surface area contributed by atoms with Crippen LogP contribution in [0.25, 0.3) is 0 Å². The minimum absolute atomic E-state index is 0.417. The Morgan fingerprint density at radius 2 is 1.55 bits per heavy atom. The van der Waals surface area contributed by atoms with Crippen LogP contribution in [0, 0.1) is 0 Å². The molecule has 114 valence electrons. The SMILES string of the molecule is CCCCOP(=O)(OCCCC)C(N)c1ccccc1. The molecule has 20 heavy (non-hydrogen) atoms. The Labute approximate surface area is 122 Å². The maximum absolute atomic E-state index is 12.9. The molecule has 1 aromatic carbocycles.